The maximum Gasteiger partial charge on any atom is 0.279 e. The van der Waals surface area contributed by atoms with Crippen LogP contribution in [-0.4, -0.2) is 43.4 Å². The molecule has 2 aromatic rings. The van der Waals surface area contributed by atoms with Crippen molar-refractivity contribution in [3.63, 3.8) is 0 Å². The number of rotatable bonds is 8. The summed E-state index contributed by atoms with van der Waals surface area (Å²) in [5.74, 6) is -0.0254. The van der Waals surface area contributed by atoms with E-state index in [0.717, 1.165) is 11.4 Å². The zero-order valence-electron chi connectivity index (χ0n) is 16.7. The van der Waals surface area contributed by atoms with E-state index in [1.165, 1.54) is 11.1 Å². The molecule has 27 heavy (non-hydrogen) atoms. The first-order valence-electron chi connectivity index (χ1n) is 9.49. The molecule has 0 bridgehead atoms. The number of hydrogen-bond acceptors (Lipinski definition) is 2. The highest BCUT2D eigenvalue weighted by Crippen LogP contribution is 2.11. The first kappa shape index (κ1) is 20.6. The zero-order valence-corrected chi connectivity index (χ0v) is 16.7. The molecule has 0 aromatic heterocycles. The van der Waals surface area contributed by atoms with Gasteiger partial charge >= 0.3 is 0 Å². The standard InChI is InChI=1S/C22H29N3O2/c1-5-25(6-2)22(27)19-11-13-20(14-12-19)23-21(26)16-24(4)15-18-9-7-17(3)8-10-18/h7-14H,5-6,15-16H2,1-4H3,(H,23,26)/p+1. The smallest absolute Gasteiger partial charge is 0.279 e. The Hall–Kier alpha value is -2.66. The fourth-order valence-electron chi connectivity index (χ4n) is 2.99. The lowest BCUT2D eigenvalue weighted by Gasteiger charge is -2.18. The molecule has 5 nitrogen and oxygen atoms in total. The Morgan fingerprint density at radius 2 is 1.56 bits per heavy atom. The highest BCUT2D eigenvalue weighted by Gasteiger charge is 2.14. The Bertz CT molecular complexity index is 750. The highest BCUT2D eigenvalue weighted by molar-refractivity contribution is 5.96. The Morgan fingerprint density at radius 3 is 2.11 bits per heavy atom. The minimum absolute atomic E-state index is 0.0140. The van der Waals surface area contributed by atoms with Crippen LogP contribution in [0.1, 0.15) is 35.3 Å². The van der Waals surface area contributed by atoms with Crippen molar-refractivity contribution in [1.29, 1.82) is 0 Å². The van der Waals surface area contributed by atoms with Gasteiger partial charge < -0.3 is 15.1 Å². The van der Waals surface area contributed by atoms with Crippen molar-refractivity contribution < 1.29 is 14.5 Å². The molecule has 0 radical (unpaired) electrons. The fourth-order valence-corrected chi connectivity index (χ4v) is 2.99. The van der Waals surface area contributed by atoms with Crippen LogP contribution in [0.15, 0.2) is 48.5 Å². The first-order chi connectivity index (χ1) is 12.9. The quantitative estimate of drug-likeness (QED) is 0.750. The van der Waals surface area contributed by atoms with Gasteiger partial charge in [-0.05, 0) is 45.0 Å². The number of likely N-dealkylation sites (N-methyl/N-ethyl adjacent to an activating group) is 1. The van der Waals surface area contributed by atoms with E-state index in [9.17, 15) is 9.59 Å². The Labute approximate surface area is 162 Å². The van der Waals surface area contributed by atoms with Gasteiger partial charge in [0.25, 0.3) is 11.8 Å². The molecule has 2 amide bonds. The van der Waals surface area contributed by atoms with Gasteiger partial charge in [-0.25, -0.2) is 0 Å². The monoisotopic (exact) mass is 368 g/mol. The molecule has 1 unspecified atom stereocenters. The van der Waals surface area contributed by atoms with Crippen LogP contribution in [0.4, 0.5) is 5.69 Å². The summed E-state index contributed by atoms with van der Waals surface area (Å²) in [6.07, 6.45) is 0. The van der Waals surface area contributed by atoms with Crippen LogP contribution in [0, 0.1) is 6.92 Å². The van der Waals surface area contributed by atoms with Crippen LogP contribution in [0.3, 0.4) is 0 Å². The van der Waals surface area contributed by atoms with Gasteiger partial charge in [-0.1, -0.05) is 29.8 Å². The molecule has 0 saturated carbocycles. The fraction of sp³-hybridized carbons (Fsp3) is 0.364. The van der Waals surface area contributed by atoms with Gasteiger partial charge in [-0.3, -0.25) is 9.59 Å². The molecular weight excluding hydrogens is 338 g/mol. The summed E-state index contributed by atoms with van der Waals surface area (Å²) >= 11 is 0. The number of nitrogens with one attached hydrogen (secondary N) is 2. The number of carbonyl (C=O) groups is 2. The molecule has 0 aliphatic heterocycles. The summed E-state index contributed by atoms with van der Waals surface area (Å²) in [5, 5.41) is 2.91. The van der Waals surface area contributed by atoms with E-state index in [1.54, 1.807) is 29.2 Å². The summed E-state index contributed by atoms with van der Waals surface area (Å²) in [6, 6.07) is 15.5. The maximum atomic E-state index is 12.3. The first-order valence-corrected chi connectivity index (χ1v) is 9.49. The van der Waals surface area contributed by atoms with E-state index in [-0.39, 0.29) is 11.8 Å². The van der Waals surface area contributed by atoms with Gasteiger partial charge in [-0.15, -0.1) is 0 Å². The van der Waals surface area contributed by atoms with Gasteiger partial charge in [0.2, 0.25) is 0 Å². The summed E-state index contributed by atoms with van der Waals surface area (Å²) in [6.45, 7) is 8.54. The van der Waals surface area contributed by atoms with E-state index >= 15 is 0 Å². The van der Waals surface area contributed by atoms with Crippen LogP contribution in [0.25, 0.3) is 0 Å². The second-order valence-corrected chi connectivity index (χ2v) is 6.90. The minimum atomic E-state index is -0.0394. The molecule has 2 aromatic carbocycles. The molecule has 0 aliphatic carbocycles. The van der Waals surface area contributed by atoms with Crippen LogP contribution in [0.5, 0.6) is 0 Å². The van der Waals surface area contributed by atoms with Crippen LogP contribution in [0.2, 0.25) is 0 Å². The van der Waals surface area contributed by atoms with Crippen molar-refractivity contribution in [2.24, 2.45) is 0 Å². The summed E-state index contributed by atoms with van der Waals surface area (Å²) < 4.78 is 0. The molecule has 0 heterocycles. The molecule has 1 atom stereocenters. The van der Waals surface area contributed by atoms with Crippen molar-refractivity contribution in [3.05, 3.63) is 65.2 Å². The van der Waals surface area contributed by atoms with Gasteiger partial charge in [0, 0.05) is 29.9 Å². The van der Waals surface area contributed by atoms with Gasteiger partial charge in [0.05, 0.1) is 7.05 Å². The predicted molar refractivity (Wildman–Crippen MR) is 109 cm³/mol. The van der Waals surface area contributed by atoms with Crippen LogP contribution >= 0.6 is 0 Å². The molecule has 2 rings (SSSR count). The molecular formula is C22H30N3O2+. The Balaban J connectivity index is 1.88. The number of carbonyl (C=O) groups excluding carboxylic acids is 2. The number of aryl methyl sites for hydroxylation is 1. The number of amides is 2. The molecule has 0 aliphatic rings. The zero-order chi connectivity index (χ0) is 19.8. The Morgan fingerprint density at radius 1 is 0.963 bits per heavy atom. The third kappa shape index (κ3) is 6.22. The molecule has 0 saturated heterocycles. The van der Waals surface area contributed by atoms with Crippen LogP contribution < -0.4 is 10.2 Å². The average Bonchev–Trinajstić information content (AvgIpc) is 2.65. The van der Waals surface area contributed by atoms with Crippen molar-refractivity contribution in [2.45, 2.75) is 27.3 Å². The number of benzene rings is 2. The van der Waals surface area contributed by atoms with Crippen molar-refractivity contribution in [2.75, 3.05) is 32.0 Å². The van der Waals surface area contributed by atoms with Gasteiger partial charge in [-0.2, -0.15) is 0 Å². The van der Waals surface area contributed by atoms with E-state index < -0.39 is 0 Å². The van der Waals surface area contributed by atoms with E-state index in [1.807, 2.05) is 20.9 Å². The summed E-state index contributed by atoms with van der Waals surface area (Å²) in [5.41, 5.74) is 3.79. The van der Waals surface area contributed by atoms with E-state index in [0.29, 0.717) is 30.9 Å². The SMILES string of the molecule is CCN(CC)C(=O)c1ccc(NC(=O)C[NH+](C)Cc2ccc(C)cc2)cc1. The second-order valence-electron chi connectivity index (χ2n) is 6.90. The molecule has 0 fully saturated rings. The van der Waals surface area contributed by atoms with Gasteiger partial charge in [0.1, 0.15) is 6.54 Å². The lowest BCUT2D eigenvalue weighted by molar-refractivity contribution is -0.885. The normalized spacial score (nSPS) is 11.7. The molecule has 144 valence electrons. The summed E-state index contributed by atoms with van der Waals surface area (Å²) in [4.78, 5) is 27.5. The Kier molecular flexibility index (Phi) is 7.55. The number of nitrogens with zero attached hydrogens (tertiary/aromatic N) is 1. The molecule has 2 N–H and O–H groups in total. The largest absolute Gasteiger partial charge is 0.339 e. The predicted octanol–water partition coefficient (Wildman–Crippen LogP) is 2.13. The van der Waals surface area contributed by atoms with E-state index in [4.69, 9.17) is 0 Å². The molecule has 0 spiro atoms. The minimum Gasteiger partial charge on any atom is -0.339 e. The topological polar surface area (TPSA) is 53.9 Å². The highest BCUT2D eigenvalue weighted by atomic mass is 16.2. The number of quaternary nitrogens is 1. The molecule has 5 heteroatoms. The summed E-state index contributed by atoms with van der Waals surface area (Å²) in [7, 11) is 2.01. The lowest BCUT2D eigenvalue weighted by Crippen LogP contribution is -3.08. The number of anilines is 1. The van der Waals surface area contributed by atoms with Gasteiger partial charge in [0.15, 0.2) is 6.54 Å². The van der Waals surface area contributed by atoms with E-state index in [2.05, 4.69) is 36.5 Å². The van der Waals surface area contributed by atoms with Crippen molar-refractivity contribution in [3.8, 4) is 0 Å². The maximum absolute atomic E-state index is 12.3. The third-order valence-corrected chi connectivity index (χ3v) is 4.56. The van der Waals surface area contributed by atoms with Crippen molar-refractivity contribution in [1.82, 2.24) is 4.90 Å². The average molecular weight is 369 g/mol. The van der Waals surface area contributed by atoms with Crippen LogP contribution in [-0.2, 0) is 11.3 Å². The van der Waals surface area contributed by atoms with Crippen molar-refractivity contribution >= 4 is 17.5 Å². The lowest BCUT2D eigenvalue weighted by atomic mass is 10.1. The number of hydrogen-bond donors (Lipinski definition) is 2. The third-order valence-electron chi connectivity index (χ3n) is 4.56. The second kappa shape index (κ2) is 9.88.